The van der Waals surface area contributed by atoms with Gasteiger partial charge in [-0.3, -0.25) is 4.79 Å². The van der Waals surface area contributed by atoms with E-state index < -0.39 is 16.0 Å². The minimum atomic E-state index is -3.46. The van der Waals surface area contributed by atoms with Crippen molar-refractivity contribution in [2.45, 2.75) is 24.2 Å². The molecule has 1 aliphatic rings. The second-order valence-electron chi connectivity index (χ2n) is 4.51. The summed E-state index contributed by atoms with van der Waals surface area (Å²) < 4.78 is 26.3. The van der Waals surface area contributed by atoms with Crippen LogP contribution in [0.15, 0.2) is 29.2 Å². The summed E-state index contributed by atoms with van der Waals surface area (Å²) >= 11 is 0. The van der Waals surface area contributed by atoms with Gasteiger partial charge >= 0.3 is 5.97 Å². The lowest BCUT2D eigenvalue weighted by Gasteiger charge is -2.06. The number of carboxylic acids is 1. The molecule has 0 radical (unpaired) electrons. The number of hydrogen-bond donors (Lipinski definition) is 2. The van der Waals surface area contributed by atoms with Crippen molar-refractivity contribution in [3.05, 3.63) is 29.8 Å². The molecule has 2 N–H and O–H groups in total. The van der Waals surface area contributed by atoms with Gasteiger partial charge in [-0.05, 0) is 36.5 Å². The number of aliphatic carboxylic acids is 1. The molecule has 1 fully saturated rings. The van der Waals surface area contributed by atoms with Gasteiger partial charge in [-0.25, -0.2) is 13.1 Å². The lowest BCUT2D eigenvalue weighted by Crippen LogP contribution is -2.25. The molecule has 0 amide bonds. The van der Waals surface area contributed by atoms with E-state index in [0.29, 0.717) is 18.0 Å². The van der Waals surface area contributed by atoms with Gasteiger partial charge in [-0.2, -0.15) is 0 Å². The lowest BCUT2D eigenvalue weighted by atomic mass is 10.2. The van der Waals surface area contributed by atoms with Crippen LogP contribution in [-0.4, -0.2) is 26.0 Å². The van der Waals surface area contributed by atoms with Crippen molar-refractivity contribution in [3.63, 3.8) is 0 Å². The zero-order chi connectivity index (χ0) is 13.2. The predicted octanol–water partition coefficient (Wildman–Crippen LogP) is 1.00. The first-order valence-corrected chi connectivity index (χ1v) is 7.26. The van der Waals surface area contributed by atoms with E-state index in [1.54, 1.807) is 0 Å². The van der Waals surface area contributed by atoms with Gasteiger partial charge in [0, 0.05) is 6.54 Å². The standard InChI is InChI=1S/C12H15NO4S/c14-12(15)7-9-3-5-11(6-4-9)18(16,17)13-8-10-1-2-10/h3-6,10,13H,1-2,7-8H2,(H,14,15). The maximum absolute atomic E-state index is 11.9. The van der Waals surface area contributed by atoms with Crippen molar-refractivity contribution in [2.24, 2.45) is 5.92 Å². The van der Waals surface area contributed by atoms with Gasteiger partial charge in [0.05, 0.1) is 11.3 Å². The highest BCUT2D eigenvalue weighted by Crippen LogP contribution is 2.28. The van der Waals surface area contributed by atoms with Gasteiger partial charge in [0.2, 0.25) is 10.0 Å². The number of carbonyl (C=O) groups is 1. The Kier molecular flexibility index (Phi) is 3.68. The number of sulfonamides is 1. The Hall–Kier alpha value is -1.40. The molecule has 98 valence electrons. The van der Waals surface area contributed by atoms with Crippen LogP contribution in [0.4, 0.5) is 0 Å². The first kappa shape index (κ1) is 13.0. The molecule has 18 heavy (non-hydrogen) atoms. The normalized spacial score (nSPS) is 15.6. The van der Waals surface area contributed by atoms with Gasteiger partial charge in [-0.1, -0.05) is 12.1 Å². The average Bonchev–Trinajstić information content (AvgIpc) is 3.10. The predicted molar refractivity (Wildman–Crippen MR) is 65.7 cm³/mol. The molecule has 0 aromatic heterocycles. The molecular weight excluding hydrogens is 254 g/mol. The summed E-state index contributed by atoms with van der Waals surface area (Å²) in [6, 6.07) is 5.93. The van der Waals surface area contributed by atoms with Crippen molar-refractivity contribution >= 4 is 16.0 Å². The SMILES string of the molecule is O=C(O)Cc1ccc(S(=O)(=O)NCC2CC2)cc1. The van der Waals surface area contributed by atoms with E-state index in [2.05, 4.69) is 4.72 Å². The van der Waals surface area contributed by atoms with Gasteiger partial charge in [0.15, 0.2) is 0 Å². The van der Waals surface area contributed by atoms with Crippen LogP contribution in [0.25, 0.3) is 0 Å². The molecule has 0 heterocycles. The molecule has 0 spiro atoms. The van der Waals surface area contributed by atoms with Crippen LogP contribution in [-0.2, 0) is 21.2 Å². The Morgan fingerprint density at radius 1 is 1.28 bits per heavy atom. The van der Waals surface area contributed by atoms with Crippen LogP contribution in [0.5, 0.6) is 0 Å². The van der Waals surface area contributed by atoms with Gasteiger partial charge in [-0.15, -0.1) is 0 Å². The van der Waals surface area contributed by atoms with E-state index in [1.807, 2.05) is 0 Å². The van der Waals surface area contributed by atoms with Crippen LogP contribution in [0.2, 0.25) is 0 Å². The topological polar surface area (TPSA) is 83.5 Å². The Balaban J connectivity index is 2.04. The van der Waals surface area contributed by atoms with Crippen LogP contribution in [0.3, 0.4) is 0 Å². The second-order valence-corrected chi connectivity index (χ2v) is 6.28. The van der Waals surface area contributed by atoms with Crippen molar-refractivity contribution < 1.29 is 18.3 Å². The number of rotatable bonds is 6. The molecule has 1 saturated carbocycles. The maximum Gasteiger partial charge on any atom is 0.307 e. The summed E-state index contributed by atoms with van der Waals surface area (Å²) in [6.07, 6.45) is 2.07. The lowest BCUT2D eigenvalue weighted by molar-refractivity contribution is -0.136. The third-order valence-corrected chi connectivity index (χ3v) is 4.29. The van der Waals surface area contributed by atoms with E-state index >= 15 is 0 Å². The average molecular weight is 269 g/mol. The van der Waals surface area contributed by atoms with Crippen LogP contribution >= 0.6 is 0 Å². The largest absolute Gasteiger partial charge is 0.481 e. The first-order valence-electron chi connectivity index (χ1n) is 5.78. The fourth-order valence-corrected chi connectivity index (χ4v) is 2.71. The molecule has 0 saturated heterocycles. The third kappa shape index (κ3) is 3.54. The molecule has 0 aliphatic heterocycles. The summed E-state index contributed by atoms with van der Waals surface area (Å²) in [5.41, 5.74) is 0.587. The van der Waals surface area contributed by atoms with E-state index in [-0.39, 0.29) is 11.3 Å². The summed E-state index contributed by atoms with van der Waals surface area (Å²) in [5.74, 6) is -0.455. The molecule has 2 rings (SSSR count). The van der Waals surface area contributed by atoms with E-state index in [1.165, 1.54) is 24.3 Å². The van der Waals surface area contributed by atoms with Crippen molar-refractivity contribution in [1.82, 2.24) is 4.72 Å². The highest BCUT2D eigenvalue weighted by molar-refractivity contribution is 7.89. The maximum atomic E-state index is 11.9. The van der Waals surface area contributed by atoms with Crippen molar-refractivity contribution in [1.29, 1.82) is 0 Å². The number of hydrogen-bond acceptors (Lipinski definition) is 3. The van der Waals surface area contributed by atoms with Crippen LogP contribution in [0.1, 0.15) is 18.4 Å². The summed E-state index contributed by atoms with van der Waals surface area (Å²) in [4.78, 5) is 10.7. The molecule has 1 aliphatic carbocycles. The Morgan fingerprint density at radius 3 is 2.39 bits per heavy atom. The van der Waals surface area contributed by atoms with Gasteiger partial charge in [0.25, 0.3) is 0 Å². The smallest absolute Gasteiger partial charge is 0.307 e. The highest BCUT2D eigenvalue weighted by Gasteiger charge is 2.24. The monoisotopic (exact) mass is 269 g/mol. The van der Waals surface area contributed by atoms with E-state index in [0.717, 1.165) is 12.8 Å². The minimum absolute atomic E-state index is 0.101. The first-order chi connectivity index (χ1) is 8.47. The zero-order valence-electron chi connectivity index (χ0n) is 9.80. The minimum Gasteiger partial charge on any atom is -0.481 e. The van der Waals surface area contributed by atoms with E-state index in [9.17, 15) is 13.2 Å². The van der Waals surface area contributed by atoms with Crippen molar-refractivity contribution in [3.8, 4) is 0 Å². The molecule has 1 aromatic carbocycles. The molecule has 5 nitrogen and oxygen atoms in total. The number of nitrogens with one attached hydrogen (secondary N) is 1. The fourth-order valence-electron chi connectivity index (χ4n) is 1.59. The van der Waals surface area contributed by atoms with Crippen LogP contribution < -0.4 is 4.72 Å². The van der Waals surface area contributed by atoms with Gasteiger partial charge in [0.1, 0.15) is 0 Å². The number of carboxylic acid groups (broad SMARTS) is 1. The Bertz CT molecular complexity index is 532. The van der Waals surface area contributed by atoms with Crippen LogP contribution in [0, 0.1) is 5.92 Å². The Morgan fingerprint density at radius 2 is 1.89 bits per heavy atom. The molecule has 0 bridgehead atoms. The highest BCUT2D eigenvalue weighted by atomic mass is 32.2. The fraction of sp³-hybridized carbons (Fsp3) is 0.417. The summed E-state index contributed by atoms with van der Waals surface area (Å²) in [6.45, 7) is 0.485. The summed E-state index contributed by atoms with van der Waals surface area (Å²) in [5, 5.41) is 8.62. The van der Waals surface area contributed by atoms with Gasteiger partial charge < -0.3 is 5.11 Å². The van der Waals surface area contributed by atoms with E-state index in [4.69, 9.17) is 5.11 Å². The Labute approximate surface area is 106 Å². The van der Waals surface area contributed by atoms with Crippen molar-refractivity contribution in [2.75, 3.05) is 6.54 Å². The molecule has 1 aromatic rings. The number of benzene rings is 1. The zero-order valence-corrected chi connectivity index (χ0v) is 10.6. The quantitative estimate of drug-likeness (QED) is 0.807. The third-order valence-electron chi connectivity index (χ3n) is 2.85. The molecule has 0 unspecified atom stereocenters. The second kappa shape index (κ2) is 5.07. The molecule has 0 atom stereocenters. The molecule has 6 heteroatoms. The molecular formula is C12H15NO4S. The summed E-state index contributed by atoms with van der Waals surface area (Å²) in [7, 11) is -3.46.